The highest BCUT2D eigenvalue weighted by Crippen LogP contribution is 2.18. The minimum Gasteiger partial charge on any atom is -0.409 e. The summed E-state index contributed by atoms with van der Waals surface area (Å²) in [6, 6.07) is 0. The van der Waals surface area contributed by atoms with Gasteiger partial charge in [0.15, 0.2) is 0 Å². The molecule has 0 fully saturated rings. The second-order valence-electron chi connectivity index (χ2n) is 2.05. The number of carbonyl (C=O) groups is 2. The smallest absolute Gasteiger partial charge is 0.334 e. The Balaban J connectivity index is 4.11. The Kier molecular flexibility index (Phi) is 3.76. The molecule has 0 saturated heterocycles. The molecule has 0 aliphatic carbocycles. The second-order valence-corrected chi connectivity index (χ2v) is 2.74. The summed E-state index contributed by atoms with van der Waals surface area (Å²) in [5.41, 5.74) is 0. The molecule has 0 aliphatic heterocycles. The molecule has 0 aromatic rings. The molecule has 0 N–H and O–H groups in total. The van der Waals surface area contributed by atoms with Crippen LogP contribution in [0.25, 0.3) is 0 Å². The molecule has 0 saturated carbocycles. The maximum Gasteiger partial charge on any atom is 0.334 e. The maximum atomic E-state index is 10.6. The molecule has 0 aromatic carbocycles. The van der Waals surface area contributed by atoms with Crippen molar-refractivity contribution in [1.29, 1.82) is 0 Å². The summed E-state index contributed by atoms with van der Waals surface area (Å²) in [6.45, 7) is 5.54. The van der Waals surface area contributed by atoms with Crippen LogP contribution in [0.15, 0.2) is 12.7 Å². The summed E-state index contributed by atoms with van der Waals surface area (Å²) in [5.74, 6) is -1.39. The van der Waals surface area contributed by atoms with Crippen LogP contribution in [0.3, 0.4) is 0 Å². The third-order valence-corrected chi connectivity index (χ3v) is 0.930. The molecule has 0 heterocycles. The number of esters is 2. The molecule has 0 rings (SSSR count). The Morgan fingerprint density at radius 3 is 2.33 bits per heavy atom. The minimum absolute atomic E-state index is 0.635. The van der Waals surface area contributed by atoms with Gasteiger partial charge in [-0.05, 0) is 11.6 Å². The van der Waals surface area contributed by atoms with Gasteiger partial charge in [0, 0.05) is 19.9 Å². The summed E-state index contributed by atoms with van der Waals surface area (Å²) in [7, 11) is 0. The lowest BCUT2D eigenvalue weighted by Crippen LogP contribution is -2.29. The second kappa shape index (κ2) is 4.11. The van der Waals surface area contributed by atoms with Crippen molar-refractivity contribution in [1.82, 2.24) is 0 Å². The van der Waals surface area contributed by atoms with E-state index in [2.05, 4.69) is 16.1 Å². The molecule has 0 radical (unpaired) electrons. The van der Waals surface area contributed by atoms with Crippen molar-refractivity contribution in [3.63, 3.8) is 0 Å². The predicted octanol–water partition coefficient (Wildman–Crippen LogP) is 1.19. The average Bonchev–Trinajstić information content (AvgIpc) is 1.83. The fourth-order valence-electron chi connectivity index (χ4n) is 0.499. The zero-order chi connectivity index (χ0) is 9.78. The summed E-state index contributed by atoms with van der Waals surface area (Å²) >= 11 is 5.47. The monoisotopic (exact) mass is 192 g/mol. The van der Waals surface area contributed by atoms with Crippen molar-refractivity contribution in [3.05, 3.63) is 12.7 Å². The molecule has 0 amide bonds. The van der Waals surface area contributed by atoms with Gasteiger partial charge in [-0.25, -0.2) is 4.79 Å². The number of halogens is 1. The zero-order valence-corrected chi connectivity index (χ0v) is 7.55. The van der Waals surface area contributed by atoms with Crippen molar-refractivity contribution in [2.45, 2.75) is 19.1 Å². The Labute approximate surface area is 75.1 Å². The van der Waals surface area contributed by atoms with Crippen molar-refractivity contribution in [2.24, 2.45) is 0 Å². The van der Waals surface area contributed by atoms with E-state index in [1.807, 2.05) is 0 Å². The fraction of sp³-hybridized carbons (Fsp3) is 0.429. The van der Waals surface area contributed by atoms with E-state index in [1.165, 1.54) is 6.92 Å². The topological polar surface area (TPSA) is 52.6 Å². The maximum absolute atomic E-state index is 10.6. The molecule has 4 nitrogen and oxygen atoms in total. The van der Waals surface area contributed by atoms with Crippen LogP contribution >= 0.6 is 11.6 Å². The summed E-state index contributed by atoms with van der Waals surface area (Å²) in [5, 5.41) is -1.75. The van der Waals surface area contributed by atoms with Gasteiger partial charge in [0.2, 0.25) is 0 Å². The largest absolute Gasteiger partial charge is 0.409 e. The summed E-state index contributed by atoms with van der Waals surface area (Å²) in [4.78, 5) is 21.0. The first-order valence-electron chi connectivity index (χ1n) is 3.11. The molecule has 0 spiro atoms. The lowest BCUT2D eigenvalue weighted by Gasteiger charge is -2.20. The Bertz CT molecular complexity index is 209. The summed E-state index contributed by atoms with van der Waals surface area (Å²) < 4.78 is 8.91. The van der Waals surface area contributed by atoms with Crippen LogP contribution < -0.4 is 0 Å². The van der Waals surface area contributed by atoms with Gasteiger partial charge < -0.3 is 9.47 Å². The average molecular weight is 193 g/mol. The standard InChI is InChI=1S/C7H9ClO4/c1-4-6(10)12-7(3,8)11-5(2)9/h4H,1H2,2-3H3. The van der Waals surface area contributed by atoms with E-state index in [9.17, 15) is 9.59 Å². The molecular formula is C7H9ClO4. The Morgan fingerprint density at radius 2 is 2.00 bits per heavy atom. The summed E-state index contributed by atoms with van der Waals surface area (Å²) in [6.07, 6.45) is 0.921. The van der Waals surface area contributed by atoms with Crippen molar-refractivity contribution in [2.75, 3.05) is 0 Å². The van der Waals surface area contributed by atoms with Gasteiger partial charge in [-0.3, -0.25) is 4.79 Å². The molecule has 0 aliphatic rings. The van der Waals surface area contributed by atoms with E-state index in [1.54, 1.807) is 0 Å². The van der Waals surface area contributed by atoms with Gasteiger partial charge in [0.25, 0.3) is 0 Å². The normalized spacial score (nSPS) is 14.2. The van der Waals surface area contributed by atoms with Crippen LogP contribution in [0, 0.1) is 0 Å². The molecule has 1 unspecified atom stereocenters. The van der Waals surface area contributed by atoms with Crippen LogP contribution in [0.5, 0.6) is 0 Å². The van der Waals surface area contributed by atoms with Crippen molar-refractivity contribution in [3.8, 4) is 0 Å². The van der Waals surface area contributed by atoms with Crippen molar-refractivity contribution < 1.29 is 19.1 Å². The molecule has 0 aromatic heterocycles. The van der Waals surface area contributed by atoms with E-state index in [-0.39, 0.29) is 0 Å². The van der Waals surface area contributed by atoms with E-state index < -0.39 is 17.2 Å². The zero-order valence-electron chi connectivity index (χ0n) is 6.80. The first kappa shape index (κ1) is 11.0. The molecule has 12 heavy (non-hydrogen) atoms. The molecule has 5 heteroatoms. The lowest BCUT2D eigenvalue weighted by molar-refractivity contribution is -0.190. The lowest BCUT2D eigenvalue weighted by atomic mass is 10.6. The number of rotatable bonds is 3. The van der Waals surface area contributed by atoms with Crippen LogP contribution in [0.4, 0.5) is 0 Å². The highest BCUT2D eigenvalue weighted by atomic mass is 35.5. The van der Waals surface area contributed by atoms with Gasteiger partial charge in [-0.15, -0.1) is 0 Å². The number of ether oxygens (including phenoxy) is 2. The van der Waals surface area contributed by atoms with Gasteiger partial charge in [0.05, 0.1) is 0 Å². The van der Waals surface area contributed by atoms with Crippen LogP contribution in [-0.2, 0) is 19.1 Å². The fourth-order valence-corrected chi connectivity index (χ4v) is 0.684. The van der Waals surface area contributed by atoms with E-state index >= 15 is 0 Å². The highest BCUT2D eigenvalue weighted by molar-refractivity contribution is 6.22. The first-order chi connectivity index (χ1) is 5.37. The number of alkyl halides is 1. The van der Waals surface area contributed by atoms with Gasteiger partial charge >= 0.3 is 17.2 Å². The highest BCUT2D eigenvalue weighted by Gasteiger charge is 2.28. The number of hydrogen-bond donors (Lipinski definition) is 0. The third-order valence-electron chi connectivity index (χ3n) is 0.776. The van der Waals surface area contributed by atoms with Gasteiger partial charge in [-0.1, -0.05) is 6.58 Å². The molecular weight excluding hydrogens is 184 g/mol. The third kappa shape index (κ3) is 4.73. The van der Waals surface area contributed by atoms with Gasteiger partial charge in [-0.2, -0.15) is 0 Å². The van der Waals surface area contributed by atoms with Crippen LogP contribution in [-0.4, -0.2) is 17.2 Å². The quantitative estimate of drug-likeness (QED) is 0.292. The van der Waals surface area contributed by atoms with Crippen LogP contribution in [0.2, 0.25) is 0 Å². The Morgan fingerprint density at radius 1 is 1.50 bits per heavy atom. The molecule has 68 valence electrons. The number of carbonyl (C=O) groups excluding carboxylic acids is 2. The molecule has 1 atom stereocenters. The van der Waals surface area contributed by atoms with Crippen LogP contribution in [0.1, 0.15) is 13.8 Å². The number of hydrogen-bond acceptors (Lipinski definition) is 4. The SMILES string of the molecule is C=CC(=O)OC(C)(Cl)OC(C)=O. The van der Waals surface area contributed by atoms with E-state index in [4.69, 9.17) is 11.6 Å². The first-order valence-corrected chi connectivity index (χ1v) is 3.49. The molecule has 0 bridgehead atoms. The predicted molar refractivity (Wildman–Crippen MR) is 42.3 cm³/mol. The van der Waals surface area contributed by atoms with Crippen molar-refractivity contribution >= 4 is 23.5 Å². The van der Waals surface area contributed by atoms with E-state index in [0.717, 1.165) is 13.0 Å². The minimum atomic E-state index is -1.75. The van der Waals surface area contributed by atoms with Gasteiger partial charge in [0.1, 0.15) is 0 Å². The van der Waals surface area contributed by atoms with E-state index in [0.29, 0.717) is 0 Å². The Hall–Kier alpha value is -1.03.